The van der Waals surface area contributed by atoms with E-state index in [1.807, 2.05) is 6.07 Å². The Morgan fingerprint density at radius 1 is 1.21 bits per heavy atom. The molecule has 2 rings (SSSR count). The minimum atomic E-state index is 0.0345. The first-order valence-corrected chi connectivity index (χ1v) is 6.77. The number of hydrogen-bond donors (Lipinski definition) is 1. The molecule has 0 spiro atoms. The SMILES string of the molecule is CC(C)(C)NCc1cc(-c2cc(Cl)ccc2Cl)on1. The molecule has 0 aliphatic carbocycles. The van der Waals surface area contributed by atoms with E-state index in [9.17, 15) is 0 Å². The molecule has 0 fully saturated rings. The Morgan fingerprint density at radius 3 is 2.63 bits per heavy atom. The molecule has 0 aliphatic rings. The molecule has 102 valence electrons. The van der Waals surface area contributed by atoms with Crippen LogP contribution in [0, 0.1) is 0 Å². The molecule has 1 N–H and O–H groups in total. The van der Waals surface area contributed by atoms with Crippen molar-refractivity contribution in [1.82, 2.24) is 10.5 Å². The van der Waals surface area contributed by atoms with E-state index in [4.69, 9.17) is 27.7 Å². The van der Waals surface area contributed by atoms with Crippen LogP contribution < -0.4 is 5.32 Å². The van der Waals surface area contributed by atoms with E-state index >= 15 is 0 Å². The molecule has 1 aromatic carbocycles. The lowest BCUT2D eigenvalue weighted by molar-refractivity contribution is 0.392. The van der Waals surface area contributed by atoms with E-state index in [0.717, 1.165) is 11.3 Å². The highest BCUT2D eigenvalue weighted by Crippen LogP contribution is 2.30. The summed E-state index contributed by atoms with van der Waals surface area (Å²) in [6.45, 7) is 6.94. The Balaban J connectivity index is 2.19. The first-order valence-electron chi connectivity index (χ1n) is 6.01. The molecule has 2 aromatic rings. The van der Waals surface area contributed by atoms with Gasteiger partial charge in [0.15, 0.2) is 5.76 Å². The van der Waals surface area contributed by atoms with Crippen LogP contribution in [0.1, 0.15) is 26.5 Å². The lowest BCUT2D eigenvalue weighted by Crippen LogP contribution is -2.35. The van der Waals surface area contributed by atoms with Crippen LogP contribution in [-0.4, -0.2) is 10.7 Å². The van der Waals surface area contributed by atoms with E-state index in [2.05, 4.69) is 31.2 Å². The van der Waals surface area contributed by atoms with Gasteiger partial charge in [-0.2, -0.15) is 0 Å². The molecule has 0 saturated carbocycles. The van der Waals surface area contributed by atoms with Crippen LogP contribution in [0.4, 0.5) is 0 Å². The first-order chi connectivity index (χ1) is 8.85. The van der Waals surface area contributed by atoms with Gasteiger partial charge in [-0.15, -0.1) is 0 Å². The maximum atomic E-state index is 6.13. The van der Waals surface area contributed by atoms with Crippen molar-refractivity contribution < 1.29 is 4.52 Å². The lowest BCUT2D eigenvalue weighted by atomic mass is 10.1. The van der Waals surface area contributed by atoms with Crippen molar-refractivity contribution in [2.24, 2.45) is 0 Å². The highest BCUT2D eigenvalue weighted by molar-refractivity contribution is 6.35. The normalized spacial score (nSPS) is 11.8. The number of benzene rings is 1. The monoisotopic (exact) mass is 298 g/mol. The van der Waals surface area contributed by atoms with Gasteiger partial charge in [0.05, 0.1) is 10.7 Å². The quantitative estimate of drug-likeness (QED) is 0.904. The summed E-state index contributed by atoms with van der Waals surface area (Å²) in [5.74, 6) is 0.623. The Hall–Kier alpha value is -1.03. The molecule has 0 atom stereocenters. The van der Waals surface area contributed by atoms with Crippen LogP contribution in [0.5, 0.6) is 0 Å². The molecule has 3 nitrogen and oxygen atoms in total. The predicted molar refractivity (Wildman–Crippen MR) is 78.6 cm³/mol. The van der Waals surface area contributed by atoms with Crippen molar-refractivity contribution in [2.75, 3.05) is 0 Å². The fourth-order valence-electron chi connectivity index (χ4n) is 1.56. The molecule has 0 amide bonds. The summed E-state index contributed by atoms with van der Waals surface area (Å²) in [5, 5.41) is 8.58. The summed E-state index contributed by atoms with van der Waals surface area (Å²) >= 11 is 12.1. The third kappa shape index (κ3) is 3.96. The zero-order chi connectivity index (χ0) is 14.0. The number of aromatic nitrogens is 1. The summed E-state index contributed by atoms with van der Waals surface area (Å²) in [4.78, 5) is 0. The first kappa shape index (κ1) is 14.4. The van der Waals surface area contributed by atoms with Crippen LogP contribution in [0.15, 0.2) is 28.8 Å². The number of hydrogen-bond acceptors (Lipinski definition) is 3. The van der Waals surface area contributed by atoms with Gasteiger partial charge in [0.2, 0.25) is 0 Å². The number of halogens is 2. The molecule has 0 saturated heterocycles. The van der Waals surface area contributed by atoms with Crippen LogP contribution in [-0.2, 0) is 6.54 Å². The molecule has 5 heteroatoms. The summed E-state index contributed by atoms with van der Waals surface area (Å²) in [6, 6.07) is 7.13. The molecule has 0 unspecified atom stereocenters. The van der Waals surface area contributed by atoms with E-state index in [0.29, 0.717) is 22.4 Å². The third-order valence-corrected chi connectivity index (χ3v) is 3.12. The van der Waals surface area contributed by atoms with Gasteiger partial charge in [0, 0.05) is 28.7 Å². The summed E-state index contributed by atoms with van der Waals surface area (Å²) in [5.41, 5.74) is 1.62. The van der Waals surface area contributed by atoms with Crippen LogP contribution in [0.2, 0.25) is 10.0 Å². The molecular weight excluding hydrogens is 283 g/mol. The average molecular weight is 299 g/mol. The van der Waals surface area contributed by atoms with E-state index in [1.165, 1.54) is 0 Å². The number of nitrogens with one attached hydrogen (secondary N) is 1. The van der Waals surface area contributed by atoms with Gasteiger partial charge >= 0.3 is 0 Å². The van der Waals surface area contributed by atoms with Crippen molar-refractivity contribution in [3.05, 3.63) is 40.0 Å². The van der Waals surface area contributed by atoms with Crippen molar-refractivity contribution in [3.8, 4) is 11.3 Å². The van der Waals surface area contributed by atoms with Crippen LogP contribution >= 0.6 is 23.2 Å². The second-order valence-corrected chi connectivity index (χ2v) is 6.25. The fraction of sp³-hybridized carbons (Fsp3) is 0.357. The van der Waals surface area contributed by atoms with E-state index in [1.54, 1.807) is 18.2 Å². The molecule has 1 aromatic heterocycles. The van der Waals surface area contributed by atoms with Crippen molar-refractivity contribution in [1.29, 1.82) is 0 Å². The molecule has 0 aliphatic heterocycles. The topological polar surface area (TPSA) is 38.1 Å². The van der Waals surface area contributed by atoms with Crippen LogP contribution in [0.25, 0.3) is 11.3 Å². The zero-order valence-corrected chi connectivity index (χ0v) is 12.6. The molecule has 0 radical (unpaired) electrons. The number of rotatable bonds is 3. The van der Waals surface area contributed by atoms with Gasteiger partial charge in [-0.05, 0) is 39.0 Å². The van der Waals surface area contributed by atoms with E-state index < -0.39 is 0 Å². The minimum absolute atomic E-state index is 0.0345. The molecule has 1 heterocycles. The van der Waals surface area contributed by atoms with Crippen molar-refractivity contribution >= 4 is 23.2 Å². The third-order valence-electron chi connectivity index (χ3n) is 2.55. The minimum Gasteiger partial charge on any atom is -0.356 e. The van der Waals surface area contributed by atoms with Gasteiger partial charge in [-0.1, -0.05) is 28.4 Å². The zero-order valence-electron chi connectivity index (χ0n) is 11.1. The predicted octanol–water partition coefficient (Wildman–Crippen LogP) is 4.54. The maximum absolute atomic E-state index is 6.13. The van der Waals surface area contributed by atoms with Crippen molar-refractivity contribution in [3.63, 3.8) is 0 Å². The molecule has 0 bridgehead atoms. The second kappa shape index (κ2) is 5.53. The highest BCUT2D eigenvalue weighted by Gasteiger charge is 2.13. The standard InChI is InChI=1S/C14H16Cl2N2O/c1-14(2,3)17-8-10-7-13(19-18-10)11-6-9(15)4-5-12(11)16/h4-7,17H,8H2,1-3H3. The summed E-state index contributed by atoms with van der Waals surface area (Å²) < 4.78 is 5.32. The van der Waals surface area contributed by atoms with Gasteiger partial charge in [0.25, 0.3) is 0 Å². The van der Waals surface area contributed by atoms with E-state index in [-0.39, 0.29) is 5.54 Å². The number of nitrogens with zero attached hydrogens (tertiary/aromatic N) is 1. The Morgan fingerprint density at radius 2 is 1.95 bits per heavy atom. The Bertz CT molecular complexity index is 573. The van der Waals surface area contributed by atoms with Crippen LogP contribution in [0.3, 0.4) is 0 Å². The van der Waals surface area contributed by atoms with Crippen molar-refractivity contribution in [2.45, 2.75) is 32.9 Å². The smallest absolute Gasteiger partial charge is 0.168 e. The maximum Gasteiger partial charge on any atom is 0.168 e. The Labute approximate surface area is 122 Å². The van der Waals surface area contributed by atoms with Gasteiger partial charge in [-0.3, -0.25) is 0 Å². The summed E-state index contributed by atoms with van der Waals surface area (Å²) in [6.07, 6.45) is 0. The second-order valence-electron chi connectivity index (χ2n) is 5.41. The summed E-state index contributed by atoms with van der Waals surface area (Å²) in [7, 11) is 0. The van der Waals surface area contributed by atoms with Gasteiger partial charge in [-0.25, -0.2) is 0 Å². The lowest BCUT2D eigenvalue weighted by Gasteiger charge is -2.19. The largest absolute Gasteiger partial charge is 0.356 e. The fourth-order valence-corrected chi connectivity index (χ4v) is 1.95. The van der Waals surface area contributed by atoms with Gasteiger partial charge < -0.3 is 9.84 Å². The highest BCUT2D eigenvalue weighted by atomic mass is 35.5. The molecule has 19 heavy (non-hydrogen) atoms. The molecular formula is C14H16Cl2N2O. The van der Waals surface area contributed by atoms with Gasteiger partial charge in [0.1, 0.15) is 0 Å². The Kier molecular flexibility index (Phi) is 4.19. The average Bonchev–Trinajstić information content (AvgIpc) is 2.77.